The number of para-hydroxylation sites is 2. The number of nitrogens with one attached hydrogen (secondary N) is 1. The minimum Gasteiger partial charge on any atom is -0.431 e. The van der Waals surface area contributed by atoms with Gasteiger partial charge in [-0.3, -0.25) is 0 Å². The molecule has 1 aromatic heterocycles. The first-order chi connectivity index (χ1) is 9.73. The van der Waals surface area contributed by atoms with Crippen LogP contribution in [0.1, 0.15) is 26.2 Å². The van der Waals surface area contributed by atoms with Crippen molar-refractivity contribution in [2.24, 2.45) is 0 Å². The molecule has 0 amide bonds. The van der Waals surface area contributed by atoms with E-state index in [4.69, 9.17) is 4.42 Å². The number of hydrogen-bond acceptors (Lipinski definition) is 5. The van der Waals surface area contributed by atoms with Gasteiger partial charge in [-0.2, -0.15) is 5.26 Å². The zero-order valence-corrected chi connectivity index (χ0v) is 12.7. The van der Waals surface area contributed by atoms with E-state index in [9.17, 15) is 5.26 Å². The summed E-state index contributed by atoms with van der Waals surface area (Å²) in [6.07, 6.45) is 2.60. The van der Waals surface area contributed by atoms with E-state index < -0.39 is 5.54 Å². The van der Waals surface area contributed by atoms with Crippen LogP contribution in [-0.4, -0.2) is 23.3 Å². The monoisotopic (exact) mass is 289 g/mol. The molecule has 1 heterocycles. The van der Waals surface area contributed by atoms with Crippen LogP contribution in [0, 0.1) is 11.3 Å². The minimum atomic E-state index is -0.401. The van der Waals surface area contributed by atoms with Crippen LogP contribution in [0.5, 0.6) is 0 Å². The van der Waals surface area contributed by atoms with Gasteiger partial charge in [-0.05, 0) is 38.4 Å². The predicted molar refractivity (Wildman–Crippen MR) is 81.7 cm³/mol. The van der Waals surface area contributed by atoms with Gasteiger partial charge in [0, 0.05) is 5.75 Å². The molecule has 4 nitrogen and oxygen atoms in total. The van der Waals surface area contributed by atoms with Gasteiger partial charge >= 0.3 is 0 Å². The second-order valence-corrected chi connectivity index (χ2v) is 5.74. The van der Waals surface area contributed by atoms with Crippen molar-refractivity contribution in [3.05, 3.63) is 24.3 Å². The van der Waals surface area contributed by atoms with Gasteiger partial charge in [0.05, 0.1) is 6.07 Å². The number of thioether (sulfide) groups is 1. The molecule has 2 rings (SSSR count). The van der Waals surface area contributed by atoms with E-state index in [2.05, 4.69) is 16.4 Å². The molecule has 5 heteroatoms. The Morgan fingerprint density at radius 2 is 2.25 bits per heavy atom. The second-order valence-electron chi connectivity index (χ2n) is 4.70. The highest BCUT2D eigenvalue weighted by molar-refractivity contribution is 7.99. The van der Waals surface area contributed by atoms with Crippen molar-refractivity contribution >= 4 is 22.9 Å². The molecule has 0 spiro atoms. The van der Waals surface area contributed by atoms with Gasteiger partial charge in [0.1, 0.15) is 11.1 Å². The summed E-state index contributed by atoms with van der Waals surface area (Å²) in [4.78, 5) is 4.42. The van der Waals surface area contributed by atoms with Gasteiger partial charge < -0.3 is 9.73 Å². The molecule has 1 atom stereocenters. The van der Waals surface area contributed by atoms with Crippen LogP contribution in [0.3, 0.4) is 0 Å². The summed E-state index contributed by atoms with van der Waals surface area (Å²) in [5, 5.41) is 13.1. The van der Waals surface area contributed by atoms with E-state index >= 15 is 0 Å². The van der Waals surface area contributed by atoms with Gasteiger partial charge in [-0.15, -0.1) is 0 Å². The molecule has 0 saturated carbocycles. The molecular formula is C15H19N3OS. The zero-order chi connectivity index (χ0) is 14.4. The van der Waals surface area contributed by atoms with Crippen molar-refractivity contribution in [2.75, 3.05) is 12.8 Å². The number of benzene rings is 1. The maximum Gasteiger partial charge on any atom is 0.256 e. The highest BCUT2D eigenvalue weighted by atomic mass is 32.2. The summed E-state index contributed by atoms with van der Waals surface area (Å²) in [6, 6.07) is 10.1. The standard InChI is InChI=1S/C15H19N3OS/c1-3-15(11-16,17-2)9-6-10-20-14-18-12-7-4-5-8-13(12)19-14/h4-5,7-8,17H,3,6,9-10H2,1-2H3. The van der Waals surface area contributed by atoms with E-state index in [1.165, 1.54) is 0 Å². The summed E-state index contributed by atoms with van der Waals surface area (Å²) in [5.74, 6) is 0.901. The number of nitrogens with zero attached hydrogens (tertiary/aromatic N) is 2. The summed E-state index contributed by atoms with van der Waals surface area (Å²) in [5.41, 5.74) is 1.32. The number of oxazole rings is 1. The Balaban J connectivity index is 1.85. The smallest absolute Gasteiger partial charge is 0.256 e. The maximum atomic E-state index is 9.24. The molecule has 1 aromatic carbocycles. The fraction of sp³-hybridized carbons (Fsp3) is 0.467. The summed E-state index contributed by atoms with van der Waals surface area (Å²) >= 11 is 1.60. The Kier molecular flexibility index (Phi) is 5.05. The van der Waals surface area contributed by atoms with Crippen LogP contribution in [-0.2, 0) is 0 Å². The normalized spacial score (nSPS) is 14.1. The van der Waals surface area contributed by atoms with Crippen molar-refractivity contribution in [3.63, 3.8) is 0 Å². The van der Waals surface area contributed by atoms with E-state index in [0.29, 0.717) is 5.22 Å². The Bertz CT molecular complexity index is 565. The first kappa shape index (κ1) is 14.9. The van der Waals surface area contributed by atoms with Crippen LogP contribution < -0.4 is 5.32 Å². The summed E-state index contributed by atoms with van der Waals surface area (Å²) < 4.78 is 5.65. The average Bonchev–Trinajstić information content (AvgIpc) is 2.91. The van der Waals surface area contributed by atoms with Gasteiger partial charge in [-0.1, -0.05) is 30.8 Å². The molecule has 0 bridgehead atoms. The van der Waals surface area contributed by atoms with Gasteiger partial charge in [0.15, 0.2) is 5.58 Å². The van der Waals surface area contributed by atoms with Gasteiger partial charge in [0.2, 0.25) is 0 Å². The molecular weight excluding hydrogens is 270 g/mol. The molecule has 106 valence electrons. The number of nitriles is 1. The topological polar surface area (TPSA) is 61.9 Å². The van der Waals surface area contributed by atoms with Crippen LogP contribution in [0.25, 0.3) is 11.1 Å². The molecule has 0 fully saturated rings. The molecule has 0 aliphatic rings. The number of fused-ring (bicyclic) bond motifs is 1. The fourth-order valence-corrected chi connectivity index (χ4v) is 2.89. The Morgan fingerprint density at radius 1 is 1.45 bits per heavy atom. The fourth-order valence-electron chi connectivity index (χ4n) is 2.12. The lowest BCUT2D eigenvalue weighted by Gasteiger charge is -2.23. The second kappa shape index (κ2) is 6.78. The third-order valence-electron chi connectivity index (χ3n) is 3.54. The lowest BCUT2D eigenvalue weighted by Crippen LogP contribution is -2.40. The van der Waals surface area contributed by atoms with E-state index in [-0.39, 0.29) is 0 Å². The summed E-state index contributed by atoms with van der Waals surface area (Å²) in [6.45, 7) is 2.04. The van der Waals surface area contributed by atoms with Crippen molar-refractivity contribution in [2.45, 2.75) is 36.9 Å². The van der Waals surface area contributed by atoms with E-state index in [0.717, 1.165) is 36.1 Å². The average molecular weight is 289 g/mol. The van der Waals surface area contributed by atoms with E-state index in [1.54, 1.807) is 11.8 Å². The van der Waals surface area contributed by atoms with Crippen molar-refractivity contribution < 1.29 is 4.42 Å². The van der Waals surface area contributed by atoms with E-state index in [1.807, 2.05) is 38.2 Å². The van der Waals surface area contributed by atoms with Crippen molar-refractivity contribution in [1.29, 1.82) is 5.26 Å². The first-order valence-corrected chi connectivity index (χ1v) is 7.80. The van der Waals surface area contributed by atoms with Crippen LogP contribution >= 0.6 is 11.8 Å². The lowest BCUT2D eigenvalue weighted by atomic mass is 9.93. The third kappa shape index (κ3) is 3.33. The Morgan fingerprint density at radius 3 is 2.90 bits per heavy atom. The molecule has 0 saturated heterocycles. The van der Waals surface area contributed by atoms with Crippen LogP contribution in [0.2, 0.25) is 0 Å². The number of aromatic nitrogens is 1. The van der Waals surface area contributed by atoms with Crippen molar-refractivity contribution in [3.8, 4) is 6.07 Å². The molecule has 0 radical (unpaired) electrons. The molecule has 0 aliphatic heterocycles. The Labute approximate surface area is 123 Å². The molecule has 2 aromatic rings. The third-order valence-corrected chi connectivity index (χ3v) is 4.46. The number of hydrogen-bond donors (Lipinski definition) is 1. The van der Waals surface area contributed by atoms with Gasteiger partial charge in [-0.25, -0.2) is 4.98 Å². The highest BCUT2D eigenvalue weighted by Gasteiger charge is 2.24. The predicted octanol–water partition coefficient (Wildman–Crippen LogP) is 3.59. The molecule has 20 heavy (non-hydrogen) atoms. The van der Waals surface area contributed by atoms with Crippen molar-refractivity contribution in [1.82, 2.24) is 10.3 Å². The quantitative estimate of drug-likeness (QED) is 0.623. The number of rotatable bonds is 7. The molecule has 0 aliphatic carbocycles. The minimum absolute atomic E-state index is 0.401. The van der Waals surface area contributed by atoms with Crippen LogP contribution in [0.4, 0.5) is 0 Å². The Hall–Kier alpha value is -1.51. The maximum absolute atomic E-state index is 9.24. The molecule has 1 unspecified atom stereocenters. The lowest BCUT2D eigenvalue weighted by molar-refractivity contribution is 0.400. The van der Waals surface area contributed by atoms with Crippen LogP contribution in [0.15, 0.2) is 33.9 Å². The summed E-state index contributed by atoms with van der Waals surface area (Å²) in [7, 11) is 1.85. The zero-order valence-electron chi connectivity index (χ0n) is 11.8. The largest absolute Gasteiger partial charge is 0.431 e. The van der Waals surface area contributed by atoms with Gasteiger partial charge in [0.25, 0.3) is 5.22 Å². The highest BCUT2D eigenvalue weighted by Crippen LogP contribution is 2.25. The SMILES string of the molecule is CCC(C#N)(CCCSc1nc2ccccc2o1)NC. The molecule has 1 N–H and O–H groups in total. The first-order valence-electron chi connectivity index (χ1n) is 6.81.